The highest BCUT2D eigenvalue weighted by molar-refractivity contribution is 7.09. The van der Waals surface area contributed by atoms with E-state index in [0.717, 1.165) is 6.42 Å². The molecule has 3 nitrogen and oxygen atoms in total. The summed E-state index contributed by atoms with van der Waals surface area (Å²) < 4.78 is 0. The van der Waals surface area contributed by atoms with Gasteiger partial charge in [0.15, 0.2) is 0 Å². The Morgan fingerprint density at radius 3 is 2.74 bits per heavy atom. The maximum absolute atomic E-state index is 11.6. The van der Waals surface area contributed by atoms with Crippen molar-refractivity contribution in [3.05, 3.63) is 50.6 Å². The summed E-state index contributed by atoms with van der Waals surface area (Å²) in [6, 6.07) is 8.75. The highest BCUT2D eigenvalue weighted by Gasteiger charge is 2.04. The Morgan fingerprint density at radius 1 is 1.21 bits per heavy atom. The van der Waals surface area contributed by atoms with Crippen molar-refractivity contribution in [1.29, 1.82) is 0 Å². The molecule has 1 heterocycles. The number of nitrogens with one attached hydrogen (secondary N) is 2. The summed E-state index contributed by atoms with van der Waals surface area (Å²) in [7, 11) is 0. The van der Waals surface area contributed by atoms with Crippen molar-refractivity contribution in [1.82, 2.24) is 5.32 Å². The summed E-state index contributed by atoms with van der Waals surface area (Å²) in [5.74, 6) is 0. The molecule has 0 saturated carbocycles. The van der Waals surface area contributed by atoms with Gasteiger partial charge in [0.25, 0.3) is 0 Å². The number of halogens is 2. The fraction of sp³-hybridized carbons (Fsp3) is 0.154. The van der Waals surface area contributed by atoms with Crippen LogP contribution in [0.5, 0.6) is 0 Å². The number of benzene rings is 1. The summed E-state index contributed by atoms with van der Waals surface area (Å²) in [5, 5.41) is 8.38. The van der Waals surface area contributed by atoms with Gasteiger partial charge in [-0.15, -0.1) is 11.3 Å². The Bertz CT molecular complexity index is 558. The summed E-state index contributed by atoms with van der Waals surface area (Å²) in [4.78, 5) is 12.9. The molecule has 2 aromatic rings. The molecule has 1 aromatic carbocycles. The van der Waals surface area contributed by atoms with E-state index >= 15 is 0 Å². The molecule has 0 aliphatic heterocycles. The zero-order valence-electron chi connectivity index (χ0n) is 9.95. The third-order valence-corrected chi connectivity index (χ3v) is 4.09. The molecule has 100 valence electrons. The second-order valence-electron chi connectivity index (χ2n) is 3.84. The molecular formula is C13H12Cl2N2OS. The number of rotatable bonds is 4. The molecule has 2 rings (SSSR count). The average molecular weight is 315 g/mol. The number of carbonyl (C=O) groups is 1. The number of amides is 2. The van der Waals surface area contributed by atoms with E-state index in [1.165, 1.54) is 4.88 Å². The first-order valence-electron chi connectivity index (χ1n) is 5.67. The average Bonchev–Trinajstić information content (AvgIpc) is 2.87. The van der Waals surface area contributed by atoms with Gasteiger partial charge in [-0.3, -0.25) is 0 Å². The third-order valence-electron chi connectivity index (χ3n) is 2.41. The Kier molecular flexibility index (Phi) is 5.07. The van der Waals surface area contributed by atoms with Gasteiger partial charge >= 0.3 is 6.03 Å². The smallest absolute Gasteiger partial charge is 0.319 e. The van der Waals surface area contributed by atoms with Crippen LogP contribution in [0.1, 0.15) is 4.88 Å². The Labute approximate surface area is 125 Å². The van der Waals surface area contributed by atoms with Crippen LogP contribution >= 0.6 is 34.5 Å². The van der Waals surface area contributed by atoms with Gasteiger partial charge in [0.05, 0.1) is 10.0 Å². The topological polar surface area (TPSA) is 41.1 Å². The van der Waals surface area contributed by atoms with E-state index in [4.69, 9.17) is 23.2 Å². The van der Waals surface area contributed by atoms with E-state index < -0.39 is 0 Å². The van der Waals surface area contributed by atoms with Crippen LogP contribution in [0.2, 0.25) is 10.0 Å². The number of urea groups is 1. The standard InChI is InChI=1S/C13H12Cl2N2OS/c14-11-4-3-9(8-12(11)15)17-13(18)16-6-5-10-2-1-7-19-10/h1-4,7-8H,5-6H2,(H2,16,17,18). The second kappa shape index (κ2) is 6.80. The number of anilines is 1. The van der Waals surface area contributed by atoms with E-state index in [9.17, 15) is 4.79 Å². The predicted molar refractivity (Wildman–Crippen MR) is 81.5 cm³/mol. The first-order valence-corrected chi connectivity index (χ1v) is 7.31. The molecule has 0 bridgehead atoms. The molecule has 2 N–H and O–H groups in total. The van der Waals surface area contributed by atoms with Crippen molar-refractivity contribution in [2.75, 3.05) is 11.9 Å². The molecule has 0 unspecified atom stereocenters. The highest BCUT2D eigenvalue weighted by atomic mass is 35.5. The van der Waals surface area contributed by atoms with Gasteiger partial charge in [-0.05, 0) is 36.1 Å². The van der Waals surface area contributed by atoms with Crippen LogP contribution in [0.15, 0.2) is 35.7 Å². The van der Waals surface area contributed by atoms with Crippen molar-refractivity contribution in [2.45, 2.75) is 6.42 Å². The normalized spacial score (nSPS) is 10.2. The number of thiophene rings is 1. The molecule has 0 saturated heterocycles. The van der Waals surface area contributed by atoms with E-state index in [-0.39, 0.29) is 6.03 Å². The van der Waals surface area contributed by atoms with Gasteiger partial charge in [0.1, 0.15) is 0 Å². The lowest BCUT2D eigenvalue weighted by Gasteiger charge is -2.07. The van der Waals surface area contributed by atoms with Gasteiger partial charge in [-0.2, -0.15) is 0 Å². The molecule has 0 atom stereocenters. The molecular weight excluding hydrogens is 303 g/mol. The molecule has 6 heteroatoms. The van der Waals surface area contributed by atoms with Crippen LogP contribution in [-0.2, 0) is 6.42 Å². The second-order valence-corrected chi connectivity index (χ2v) is 5.69. The van der Waals surface area contributed by atoms with Gasteiger partial charge in [0, 0.05) is 17.1 Å². The minimum Gasteiger partial charge on any atom is -0.338 e. The fourth-order valence-electron chi connectivity index (χ4n) is 1.50. The van der Waals surface area contributed by atoms with Crippen LogP contribution in [0, 0.1) is 0 Å². The van der Waals surface area contributed by atoms with Crippen molar-refractivity contribution >= 4 is 46.3 Å². The van der Waals surface area contributed by atoms with Crippen molar-refractivity contribution in [2.24, 2.45) is 0 Å². The quantitative estimate of drug-likeness (QED) is 0.861. The maximum atomic E-state index is 11.6. The van der Waals surface area contributed by atoms with E-state index in [1.807, 2.05) is 17.5 Å². The van der Waals surface area contributed by atoms with Crippen molar-refractivity contribution in [3.8, 4) is 0 Å². The van der Waals surface area contributed by atoms with Crippen molar-refractivity contribution in [3.63, 3.8) is 0 Å². The van der Waals surface area contributed by atoms with Crippen LogP contribution in [-0.4, -0.2) is 12.6 Å². The molecule has 1 aromatic heterocycles. The SMILES string of the molecule is O=C(NCCc1cccs1)Nc1ccc(Cl)c(Cl)c1. The fourth-order valence-corrected chi connectivity index (χ4v) is 2.51. The molecule has 0 fully saturated rings. The van der Waals surface area contributed by atoms with Gasteiger partial charge in [-0.25, -0.2) is 4.79 Å². The lowest BCUT2D eigenvalue weighted by Crippen LogP contribution is -2.30. The molecule has 2 amide bonds. The highest BCUT2D eigenvalue weighted by Crippen LogP contribution is 2.24. The predicted octanol–water partition coefficient (Wildman–Crippen LogP) is 4.42. The zero-order chi connectivity index (χ0) is 13.7. The Balaban J connectivity index is 1.79. The first-order chi connectivity index (χ1) is 9.15. The van der Waals surface area contributed by atoms with Crippen LogP contribution in [0.25, 0.3) is 0 Å². The third kappa shape index (κ3) is 4.42. The largest absolute Gasteiger partial charge is 0.338 e. The monoisotopic (exact) mass is 314 g/mol. The summed E-state index contributed by atoms with van der Waals surface area (Å²) in [6.45, 7) is 0.591. The maximum Gasteiger partial charge on any atom is 0.319 e. The Hall–Kier alpha value is -1.23. The summed E-state index contributed by atoms with van der Waals surface area (Å²) in [5.41, 5.74) is 0.614. The Morgan fingerprint density at radius 2 is 2.05 bits per heavy atom. The lowest BCUT2D eigenvalue weighted by molar-refractivity contribution is 0.252. The van der Waals surface area contributed by atoms with Gasteiger partial charge in [-0.1, -0.05) is 29.3 Å². The number of hydrogen-bond donors (Lipinski definition) is 2. The van der Waals surface area contributed by atoms with Crippen molar-refractivity contribution < 1.29 is 4.79 Å². The van der Waals surface area contributed by atoms with Crippen LogP contribution in [0.4, 0.5) is 10.5 Å². The minimum absolute atomic E-state index is 0.255. The van der Waals surface area contributed by atoms with E-state index in [0.29, 0.717) is 22.3 Å². The zero-order valence-corrected chi connectivity index (χ0v) is 12.3. The lowest BCUT2D eigenvalue weighted by atomic mass is 10.3. The van der Waals surface area contributed by atoms with E-state index in [2.05, 4.69) is 10.6 Å². The summed E-state index contributed by atoms with van der Waals surface area (Å²) >= 11 is 13.3. The molecule has 0 radical (unpaired) electrons. The summed E-state index contributed by atoms with van der Waals surface area (Å²) in [6.07, 6.45) is 0.826. The minimum atomic E-state index is -0.255. The molecule has 19 heavy (non-hydrogen) atoms. The van der Waals surface area contributed by atoms with Crippen LogP contribution < -0.4 is 10.6 Å². The molecule has 0 aliphatic rings. The first kappa shape index (κ1) is 14.2. The molecule has 0 aliphatic carbocycles. The molecule has 0 spiro atoms. The number of hydrogen-bond acceptors (Lipinski definition) is 2. The number of carbonyl (C=O) groups excluding carboxylic acids is 1. The van der Waals surface area contributed by atoms with Crippen LogP contribution in [0.3, 0.4) is 0 Å². The van der Waals surface area contributed by atoms with E-state index in [1.54, 1.807) is 29.5 Å². The van der Waals surface area contributed by atoms with Gasteiger partial charge in [0.2, 0.25) is 0 Å². The van der Waals surface area contributed by atoms with Gasteiger partial charge < -0.3 is 10.6 Å².